The van der Waals surface area contributed by atoms with Crippen molar-refractivity contribution in [2.45, 2.75) is 32.7 Å². The maximum Gasteiger partial charge on any atom is 0.260 e. The smallest absolute Gasteiger partial charge is 0.213 e. The van der Waals surface area contributed by atoms with Gasteiger partial charge in [-0.05, 0) is 13.8 Å². The predicted octanol–water partition coefficient (Wildman–Crippen LogP) is 0.969. The van der Waals surface area contributed by atoms with Crippen LogP contribution in [0.15, 0.2) is 0 Å². The summed E-state index contributed by atoms with van der Waals surface area (Å²) in [5.74, 6) is -4.33. The van der Waals surface area contributed by atoms with Gasteiger partial charge in [0.25, 0.3) is 5.92 Å². The number of nitrogens with one attached hydrogen (secondary N) is 1. The van der Waals surface area contributed by atoms with E-state index in [0.29, 0.717) is 6.92 Å². The molecule has 0 heterocycles. The third kappa shape index (κ3) is 6.48. The first-order valence-electron chi connectivity index (χ1n) is 3.50. The van der Waals surface area contributed by atoms with Crippen molar-refractivity contribution >= 4 is 10.0 Å². The van der Waals surface area contributed by atoms with E-state index in [1.54, 1.807) is 13.8 Å². The molecule has 0 fully saturated rings. The first kappa shape index (κ1) is 11.8. The molecule has 0 saturated carbocycles. The van der Waals surface area contributed by atoms with Crippen LogP contribution in [0.1, 0.15) is 20.8 Å². The first-order chi connectivity index (χ1) is 5.12. The van der Waals surface area contributed by atoms with Gasteiger partial charge in [-0.15, -0.1) is 0 Å². The second-order valence-corrected chi connectivity index (χ2v) is 4.86. The van der Waals surface area contributed by atoms with Gasteiger partial charge < -0.3 is 0 Å². The number of hydrogen-bond acceptors (Lipinski definition) is 2. The molecule has 0 aliphatic heterocycles. The van der Waals surface area contributed by atoms with Crippen molar-refractivity contribution in [2.24, 2.45) is 0 Å². The van der Waals surface area contributed by atoms with E-state index in [1.165, 1.54) is 0 Å². The minimum Gasteiger partial charge on any atom is -0.213 e. The molecule has 0 aromatic rings. The molecule has 0 rings (SSSR count). The van der Waals surface area contributed by atoms with Crippen LogP contribution in [0, 0.1) is 0 Å². The summed E-state index contributed by atoms with van der Waals surface area (Å²) >= 11 is 0. The maximum atomic E-state index is 12.2. The molecule has 3 nitrogen and oxygen atoms in total. The summed E-state index contributed by atoms with van der Waals surface area (Å²) < 4.78 is 48.3. The Labute approximate surface area is 71.2 Å². The molecule has 0 aliphatic rings. The summed E-state index contributed by atoms with van der Waals surface area (Å²) in [5.41, 5.74) is 0. The van der Waals surface area contributed by atoms with Crippen LogP contribution < -0.4 is 4.72 Å². The molecular formula is C6H13F2NO2S. The fraction of sp³-hybridized carbons (Fsp3) is 1.00. The van der Waals surface area contributed by atoms with Gasteiger partial charge in [0.15, 0.2) is 0 Å². The minimum absolute atomic E-state index is 0.350. The van der Waals surface area contributed by atoms with Crippen molar-refractivity contribution in [1.82, 2.24) is 4.72 Å². The molecule has 74 valence electrons. The Kier molecular flexibility index (Phi) is 3.59. The van der Waals surface area contributed by atoms with Crippen LogP contribution >= 0.6 is 0 Å². The van der Waals surface area contributed by atoms with E-state index < -0.39 is 21.7 Å². The molecule has 0 aromatic heterocycles. The molecule has 0 spiro atoms. The molecule has 0 unspecified atom stereocenters. The van der Waals surface area contributed by atoms with Crippen LogP contribution in [0.4, 0.5) is 8.78 Å². The molecule has 0 atom stereocenters. The van der Waals surface area contributed by atoms with E-state index in [4.69, 9.17) is 0 Å². The van der Waals surface area contributed by atoms with Crippen LogP contribution in [0.3, 0.4) is 0 Å². The highest BCUT2D eigenvalue weighted by atomic mass is 32.2. The first-order valence-corrected chi connectivity index (χ1v) is 5.15. The average Bonchev–Trinajstić information content (AvgIpc) is 1.48. The normalized spacial score (nSPS) is 13.8. The molecule has 0 amide bonds. The van der Waals surface area contributed by atoms with Crippen molar-refractivity contribution in [1.29, 1.82) is 0 Å². The third-order valence-electron chi connectivity index (χ3n) is 0.859. The van der Waals surface area contributed by atoms with Gasteiger partial charge in [0.2, 0.25) is 10.0 Å². The summed E-state index contributed by atoms with van der Waals surface area (Å²) in [5, 5.41) is 0. The lowest BCUT2D eigenvalue weighted by atomic mass is 10.4. The van der Waals surface area contributed by atoms with E-state index in [0.717, 1.165) is 0 Å². The van der Waals surface area contributed by atoms with Crippen molar-refractivity contribution in [3.63, 3.8) is 0 Å². The molecular weight excluding hydrogens is 188 g/mol. The van der Waals surface area contributed by atoms with E-state index >= 15 is 0 Å². The number of sulfonamides is 1. The molecule has 0 radical (unpaired) electrons. The lowest BCUT2D eigenvalue weighted by Crippen LogP contribution is -2.37. The molecule has 1 N–H and O–H groups in total. The zero-order valence-corrected chi connectivity index (χ0v) is 8.08. The van der Waals surface area contributed by atoms with Gasteiger partial charge in [-0.25, -0.2) is 21.9 Å². The summed E-state index contributed by atoms with van der Waals surface area (Å²) in [6.07, 6.45) is 0. The second kappa shape index (κ2) is 3.66. The maximum absolute atomic E-state index is 12.2. The Hall–Kier alpha value is -0.230. The SMILES string of the molecule is CC(C)NS(=O)(=O)CC(C)(F)F. The Morgan fingerprint density at radius 1 is 1.42 bits per heavy atom. The predicted molar refractivity (Wildman–Crippen MR) is 42.7 cm³/mol. The van der Waals surface area contributed by atoms with Crippen LogP contribution in [-0.2, 0) is 10.0 Å². The van der Waals surface area contributed by atoms with Gasteiger partial charge in [-0.1, -0.05) is 0 Å². The molecule has 0 aromatic carbocycles. The highest BCUT2D eigenvalue weighted by Crippen LogP contribution is 2.13. The lowest BCUT2D eigenvalue weighted by Gasteiger charge is -2.13. The van der Waals surface area contributed by atoms with Crippen molar-refractivity contribution in [2.75, 3.05) is 5.75 Å². The van der Waals surface area contributed by atoms with Crippen molar-refractivity contribution < 1.29 is 17.2 Å². The summed E-state index contributed by atoms with van der Waals surface area (Å²) in [6.45, 7) is 3.73. The Morgan fingerprint density at radius 3 is 2.08 bits per heavy atom. The molecule has 0 aliphatic carbocycles. The highest BCUT2D eigenvalue weighted by Gasteiger charge is 2.29. The largest absolute Gasteiger partial charge is 0.260 e. The van der Waals surface area contributed by atoms with E-state index in [2.05, 4.69) is 4.72 Å². The standard InChI is InChI=1S/C6H13F2NO2S/c1-5(2)9-12(10,11)4-6(3,7)8/h5,9H,4H2,1-3H3. The van der Waals surface area contributed by atoms with E-state index in [9.17, 15) is 17.2 Å². The average molecular weight is 201 g/mol. The van der Waals surface area contributed by atoms with Gasteiger partial charge in [0.1, 0.15) is 5.75 Å². The zero-order valence-electron chi connectivity index (χ0n) is 7.27. The second-order valence-electron chi connectivity index (χ2n) is 3.10. The van der Waals surface area contributed by atoms with Gasteiger partial charge in [0.05, 0.1) is 0 Å². The lowest BCUT2D eigenvalue weighted by molar-refractivity contribution is 0.0471. The Balaban J connectivity index is 4.26. The van der Waals surface area contributed by atoms with E-state index in [-0.39, 0.29) is 6.04 Å². The number of halogens is 2. The topological polar surface area (TPSA) is 46.2 Å². The number of hydrogen-bond donors (Lipinski definition) is 1. The number of alkyl halides is 2. The van der Waals surface area contributed by atoms with Crippen molar-refractivity contribution in [3.8, 4) is 0 Å². The summed E-state index contributed by atoms with van der Waals surface area (Å²) in [4.78, 5) is 0. The van der Waals surface area contributed by atoms with Crippen LogP contribution in [0.5, 0.6) is 0 Å². The van der Waals surface area contributed by atoms with Gasteiger partial charge in [0, 0.05) is 13.0 Å². The fourth-order valence-corrected chi connectivity index (χ4v) is 2.20. The van der Waals surface area contributed by atoms with Crippen molar-refractivity contribution in [3.05, 3.63) is 0 Å². The zero-order chi connectivity index (χ0) is 9.99. The number of rotatable bonds is 4. The highest BCUT2D eigenvalue weighted by molar-refractivity contribution is 7.89. The molecule has 0 saturated heterocycles. The quantitative estimate of drug-likeness (QED) is 0.736. The third-order valence-corrected chi connectivity index (χ3v) is 2.58. The monoisotopic (exact) mass is 201 g/mol. The summed E-state index contributed by atoms with van der Waals surface area (Å²) in [7, 11) is -3.84. The van der Waals surface area contributed by atoms with E-state index in [1.807, 2.05) is 0 Å². The Morgan fingerprint density at radius 2 is 1.83 bits per heavy atom. The van der Waals surface area contributed by atoms with Crippen LogP contribution in [-0.4, -0.2) is 26.1 Å². The molecule has 12 heavy (non-hydrogen) atoms. The van der Waals surface area contributed by atoms with Crippen LogP contribution in [0.25, 0.3) is 0 Å². The van der Waals surface area contributed by atoms with Gasteiger partial charge >= 0.3 is 0 Å². The van der Waals surface area contributed by atoms with Crippen LogP contribution in [0.2, 0.25) is 0 Å². The fourth-order valence-electron chi connectivity index (χ4n) is 0.734. The van der Waals surface area contributed by atoms with Gasteiger partial charge in [-0.3, -0.25) is 0 Å². The molecule has 6 heteroatoms. The Bertz CT molecular complexity index is 230. The minimum atomic E-state index is -3.84. The summed E-state index contributed by atoms with van der Waals surface area (Å²) in [6, 6.07) is -0.350. The van der Waals surface area contributed by atoms with Gasteiger partial charge in [-0.2, -0.15) is 0 Å². The molecule has 0 bridgehead atoms.